The molecule has 0 aliphatic carbocycles. The zero-order valence-corrected chi connectivity index (χ0v) is 8.20. The first-order chi connectivity index (χ1) is 2.00. The van der Waals surface area contributed by atoms with Crippen molar-refractivity contribution in [1.29, 1.82) is 0 Å². The molecule has 22 valence electrons. The van der Waals surface area contributed by atoms with Gasteiger partial charge in [0.1, 0.15) is 0 Å². The third-order valence-corrected chi connectivity index (χ3v) is 0. The van der Waals surface area contributed by atoms with Gasteiger partial charge in [-0.25, -0.2) is 0 Å². The van der Waals surface area contributed by atoms with Crippen molar-refractivity contribution in [3.63, 3.8) is 0 Å². The fraction of sp³-hybridized carbons (Fsp3) is 0. The average molecular weight is 251 g/mol. The Morgan fingerprint density at radius 2 is 1.25 bits per heavy atom. The molecule has 0 aliphatic rings. The summed E-state index contributed by atoms with van der Waals surface area (Å²) in [5, 5.41) is 0. The molecule has 0 unspecified atom stereocenters. The molecule has 0 radical (unpaired) electrons. The van der Waals surface area contributed by atoms with Crippen LogP contribution in [0.4, 0.5) is 0 Å². The zero-order valence-electron chi connectivity index (χ0n) is 2.02. The maximum atomic E-state index is 8.39. The van der Waals surface area contributed by atoms with Gasteiger partial charge in [0, 0.05) is 0 Å². The molecule has 0 saturated carbocycles. The molecule has 0 aliphatic heterocycles. The van der Waals surface area contributed by atoms with Gasteiger partial charge in [0.15, 0.2) is 0 Å². The van der Waals surface area contributed by atoms with Gasteiger partial charge in [0.2, 0.25) is 0 Å². The van der Waals surface area contributed by atoms with E-state index in [1.165, 1.54) is 0 Å². The van der Waals surface area contributed by atoms with E-state index in [2.05, 4.69) is 0 Å². The van der Waals surface area contributed by atoms with Crippen molar-refractivity contribution in [3.8, 4) is 0 Å². The standard InChI is InChI=1S/GeH2O.Nd.O/c1-2;;/h1H2;;. The molecule has 4 heavy (non-hydrogen) atoms. The molecular weight excluding hydrogens is 249 g/mol. The van der Waals surface area contributed by atoms with Crippen molar-refractivity contribution in [1.82, 2.24) is 0 Å². The van der Waals surface area contributed by atoms with Crippen LogP contribution in [0.5, 0.6) is 0 Å². The zero-order chi connectivity index (χ0) is 4.00. The number of rotatable bonds is 0. The van der Waals surface area contributed by atoms with E-state index < -0.39 is 0 Å². The molecule has 0 atom stereocenters. The van der Waals surface area contributed by atoms with Gasteiger partial charge in [-0.05, 0) is 0 Å². The first-order valence-electron chi connectivity index (χ1n) is 0.493. The van der Waals surface area contributed by atoms with Crippen molar-refractivity contribution < 1.29 is 43.7 Å². The second-order valence-electron chi connectivity index (χ2n) is 0. The third-order valence-electron chi connectivity index (χ3n) is 0. The topological polar surface area (TPSA) is 34.1 Å². The Bertz CT molecular complexity index is 8.00. The molecule has 0 amide bonds. The van der Waals surface area contributed by atoms with Crippen LogP contribution in [0.15, 0.2) is 0 Å². The van der Waals surface area contributed by atoms with Crippen LogP contribution in [0.25, 0.3) is 0 Å². The van der Waals surface area contributed by atoms with Gasteiger partial charge in [-0.3, -0.25) is 0 Å². The summed E-state index contributed by atoms with van der Waals surface area (Å²) in [6.07, 6.45) is 0. The number of hydrogen-bond donors (Lipinski definition) is 0. The summed E-state index contributed by atoms with van der Waals surface area (Å²) in [6.45, 7) is 0. The monoisotopic (exact) mass is 250 g/mol. The van der Waals surface area contributed by atoms with Gasteiger partial charge in [-0.15, -0.1) is 0 Å². The molecule has 0 aromatic heterocycles. The van der Waals surface area contributed by atoms with E-state index in [-0.39, 0.29) is 55.3 Å². The summed E-state index contributed by atoms with van der Waals surface area (Å²) in [5.74, 6) is 0. The van der Waals surface area contributed by atoms with Crippen LogP contribution >= 0.6 is 0 Å². The first kappa shape index (κ1) is 9.09. The fourth-order valence-corrected chi connectivity index (χ4v) is 0. The van der Waals surface area contributed by atoms with Gasteiger partial charge >= 0.3 is 60.2 Å². The summed E-state index contributed by atoms with van der Waals surface area (Å²) in [5.41, 5.74) is 0. The van der Waals surface area contributed by atoms with Gasteiger partial charge in [0.05, 0.1) is 0 Å². The Balaban J connectivity index is 0. The first-order valence-corrected chi connectivity index (χ1v) is 3.01. The van der Waals surface area contributed by atoms with Crippen LogP contribution in [0.2, 0.25) is 0 Å². The van der Waals surface area contributed by atoms with Crippen LogP contribution in [0.1, 0.15) is 0 Å². The molecule has 4 heteroatoms. The van der Waals surface area contributed by atoms with E-state index in [0.717, 1.165) is 0 Å². The Hall–Kier alpha value is 1.49. The second kappa shape index (κ2) is 24.6. The van der Waals surface area contributed by atoms with E-state index in [9.17, 15) is 0 Å². The molecule has 2 nitrogen and oxygen atoms in total. The van der Waals surface area contributed by atoms with Gasteiger partial charge < -0.3 is 0 Å². The van der Waals surface area contributed by atoms with Crippen molar-refractivity contribution in [2.24, 2.45) is 0 Å². The van der Waals surface area contributed by atoms with E-state index in [1.807, 2.05) is 0 Å². The van der Waals surface area contributed by atoms with Crippen LogP contribution in [-0.2, 0) is 4.83 Å². The van der Waals surface area contributed by atoms with E-state index in [4.69, 9.17) is 4.83 Å². The Morgan fingerprint density at radius 1 is 1.25 bits per heavy atom. The van der Waals surface area contributed by atoms with E-state index in [0.29, 0.717) is 0 Å². The summed E-state index contributed by atoms with van der Waals surface area (Å²) < 4.78 is 16.8. The van der Waals surface area contributed by atoms with Crippen LogP contribution in [0.3, 0.4) is 0 Å². The summed E-state index contributed by atoms with van der Waals surface area (Å²) in [7, 11) is 0. The van der Waals surface area contributed by atoms with Crippen molar-refractivity contribution in [2.45, 2.75) is 0 Å². The molecule has 0 aromatic rings. The van der Waals surface area contributed by atoms with Gasteiger partial charge in [-0.2, -0.15) is 0 Å². The van der Waals surface area contributed by atoms with Crippen molar-refractivity contribution in [2.75, 3.05) is 0 Å². The molecule has 0 N–H and O–H groups in total. The normalized spacial score (nSPS) is 1.75. The summed E-state index contributed by atoms with van der Waals surface area (Å²) >= 11 is 0.181. The van der Waals surface area contributed by atoms with E-state index >= 15 is 0 Å². The number of hydrogen-bond acceptors (Lipinski definition) is 2. The second-order valence-corrected chi connectivity index (χ2v) is 0. The molecule has 0 rings (SSSR count). The predicted molar refractivity (Wildman–Crippen MR) is 9.92 cm³/mol. The molecule has 0 spiro atoms. The van der Waals surface area contributed by atoms with Crippen molar-refractivity contribution >= 4 is 16.5 Å². The Kier molecular flexibility index (Phi) is 55.9. The maximum absolute atomic E-state index is 8.39. The molecule has 0 heterocycles. The van der Waals surface area contributed by atoms with Gasteiger partial charge in [-0.1, -0.05) is 0 Å². The predicted octanol–water partition coefficient (Wildman–Crippen LogP) is -1.15. The molecule has 0 saturated heterocycles. The van der Waals surface area contributed by atoms with Crippen molar-refractivity contribution in [3.05, 3.63) is 0 Å². The van der Waals surface area contributed by atoms with Crippen LogP contribution in [0, 0.1) is 38.9 Å². The third kappa shape index (κ3) is 9.74. The average Bonchev–Trinajstić information content (AvgIpc) is 1.50. The minimum absolute atomic E-state index is 0.0556. The minimum atomic E-state index is 0.0556. The Labute approximate surface area is 59.2 Å². The summed E-state index contributed by atoms with van der Waals surface area (Å²) in [6, 6.07) is 0. The SMILES string of the molecule is [O]=[GeH2].[O]=[Nd]. The molecule has 0 fully saturated rings. The fourth-order valence-electron chi connectivity index (χ4n) is 0. The Morgan fingerprint density at radius 3 is 1.25 bits per heavy atom. The molecule has 0 aromatic carbocycles. The quantitative estimate of drug-likeness (QED) is 0.509. The summed E-state index contributed by atoms with van der Waals surface area (Å²) in [4.78, 5) is 0. The molecule has 0 bridgehead atoms. The van der Waals surface area contributed by atoms with E-state index in [1.54, 1.807) is 0 Å². The van der Waals surface area contributed by atoms with Gasteiger partial charge in [0.25, 0.3) is 0 Å². The molecular formula is H2GeNdO2. The van der Waals surface area contributed by atoms with Crippen LogP contribution < -0.4 is 0 Å². The van der Waals surface area contributed by atoms with Crippen LogP contribution in [-0.4, -0.2) is 16.5 Å².